The molecule has 0 aliphatic heterocycles. The molecule has 0 heterocycles. The first-order valence-electron chi connectivity index (χ1n) is 7.11. The van der Waals surface area contributed by atoms with E-state index in [2.05, 4.69) is 5.32 Å². The Morgan fingerprint density at radius 3 is 2.47 bits per heavy atom. The second-order valence-corrected chi connectivity index (χ2v) is 5.72. The number of carbonyl (C=O) groups is 1. The van der Waals surface area contributed by atoms with Crippen LogP contribution in [-0.4, -0.2) is 17.1 Å². The summed E-state index contributed by atoms with van der Waals surface area (Å²) < 4.78 is 0. The number of hydrogen-bond acceptors (Lipinski definition) is 2. The Morgan fingerprint density at radius 1 is 1.26 bits per heavy atom. The number of carboxylic acids is 1. The quantitative estimate of drug-likeness (QED) is 0.875. The van der Waals surface area contributed by atoms with Crippen molar-refractivity contribution >= 4 is 5.97 Å². The third kappa shape index (κ3) is 2.98. The molecule has 0 saturated heterocycles. The molecule has 19 heavy (non-hydrogen) atoms. The van der Waals surface area contributed by atoms with E-state index in [0.717, 1.165) is 24.0 Å². The highest BCUT2D eigenvalue weighted by molar-refractivity contribution is 5.80. The third-order valence-electron chi connectivity index (χ3n) is 4.21. The predicted molar refractivity (Wildman–Crippen MR) is 76.2 cm³/mol. The van der Waals surface area contributed by atoms with Crippen LogP contribution in [0.1, 0.15) is 50.2 Å². The maximum absolute atomic E-state index is 11.8. The molecule has 104 valence electrons. The minimum atomic E-state index is -0.993. The molecule has 1 aromatic carbocycles. The number of benzene rings is 1. The standard InChI is InChI=1S/C16H23NO2/c1-12-8-6-7-11-14(12)16(2,15(18)19)17-13-9-4-3-5-10-13/h6-8,11,13,17H,3-5,9-10H2,1-2H3,(H,18,19). The van der Waals surface area contributed by atoms with E-state index in [1.807, 2.05) is 31.2 Å². The highest BCUT2D eigenvalue weighted by Crippen LogP contribution is 2.28. The van der Waals surface area contributed by atoms with Crippen LogP contribution < -0.4 is 5.32 Å². The highest BCUT2D eigenvalue weighted by Gasteiger charge is 2.38. The average Bonchev–Trinajstić information content (AvgIpc) is 2.40. The lowest BCUT2D eigenvalue weighted by Crippen LogP contribution is -2.52. The molecule has 0 spiro atoms. The zero-order valence-electron chi connectivity index (χ0n) is 11.8. The van der Waals surface area contributed by atoms with E-state index >= 15 is 0 Å². The van der Waals surface area contributed by atoms with Crippen LogP contribution in [0.2, 0.25) is 0 Å². The number of carboxylic acid groups (broad SMARTS) is 1. The zero-order valence-corrected chi connectivity index (χ0v) is 11.8. The Labute approximate surface area is 115 Å². The van der Waals surface area contributed by atoms with Crippen LogP contribution in [0.15, 0.2) is 24.3 Å². The van der Waals surface area contributed by atoms with E-state index in [-0.39, 0.29) is 0 Å². The van der Waals surface area contributed by atoms with Crippen molar-refractivity contribution < 1.29 is 9.90 Å². The number of nitrogens with one attached hydrogen (secondary N) is 1. The number of aryl methyl sites for hydroxylation is 1. The van der Waals surface area contributed by atoms with Gasteiger partial charge in [-0.15, -0.1) is 0 Å². The van der Waals surface area contributed by atoms with E-state index in [1.54, 1.807) is 6.92 Å². The van der Waals surface area contributed by atoms with Gasteiger partial charge in [0.05, 0.1) is 0 Å². The average molecular weight is 261 g/mol. The van der Waals surface area contributed by atoms with Crippen molar-refractivity contribution in [3.8, 4) is 0 Å². The van der Waals surface area contributed by atoms with Crippen LogP contribution in [0, 0.1) is 6.92 Å². The van der Waals surface area contributed by atoms with Crippen molar-refractivity contribution in [1.82, 2.24) is 5.32 Å². The Morgan fingerprint density at radius 2 is 1.89 bits per heavy atom. The van der Waals surface area contributed by atoms with E-state index in [9.17, 15) is 9.90 Å². The molecular formula is C16H23NO2. The maximum atomic E-state index is 11.8. The summed E-state index contributed by atoms with van der Waals surface area (Å²) in [6.07, 6.45) is 5.82. The third-order valence-corrected chi connectivity index (χ3v) is 4.21. The second kappa shape index (κ2) is 5.74. The lowest BCUT2D eigenvalue weighted by atomic mass is 9.85. The monoisotopic (exact) mass is 261 g/mol. The highest BCUT2D eigenvalue weighted by atomic mass is 16.4. The fraction of sp³-hybridized carbons (Fsp3) is 0.562. The van der Waals surface area contributed by atoms with Gasteiger partial charge in [0, 0.05) is 6.04 Å². The van der Waals surface area contributed by atoms with Gasteiger partial charge in [-0.05, 0) is 37.8 Å². The molecule has 1 unspecified atom stereocenters. The number of hydrogen-bond donors (Lipinski definition) is 2. The van der Waals surface area contributed by atoms with Crippen LogP contribution in [0.25, 0.3) is 0 Å². The molecule has 2 N–H and O–H groups in total. The predicted octanol–water partition coefficient (Wildman–Crippen LogP) is 3.22. The smallest absolute Gasteiger partial charge is 0.328 e. The molecule has 3 heteroatoms. The topological polar surface area (TPSA) is 49.3 Å². The van der Waals surface area contributed by atoms with Crippen molar-refractivity contribution in [2.45, 2.75) is 57.5 Å². The van der Waals surface area contributed by atoms with Crippen molar-refractivity contribution in [1.29, 1.82) is 0 Å². The molecule has 0 radical (unpaired) electrons. The Kier molecular flexibility index (Phi) is 4.25. The van der Waals surface area contributed by atoms with Gasteiger partial charge in [-0.25, -0.2) is 4.79 Å². The summed E-state index contributed by atoms with van der Waals surface area (Å²) in [5, 5.41) is 13.1. The summed E-state index contributed by atoms with van der Waals surface area (Å²) in [7, 11) is 0. The molecule has 3 nitrogen and oxygen atoms in total. The van der Waals surface area contributed by atoms with Gasteiger partial charge in [-0.1, -0.05) is 43.5 Å². The molecule has 1 aliphatic carbocycles. The summed E-state index contributed by atoms with van der Waals surface area (Å²) >= 11 is 0. The fourth-order valence-corrected chi connectivity index (χ4v) is 3.04. The van der Waals surface area contributed by atoms with Crippen LogP contribution in [0.4, 0.5) is 0 Å². The van der Waals surface area contributed by atoms with Crippen LogP contribution in [0.5, 0.6) is 0 Å². The minimum absolute atomic E-state index is 0.314. The van der Waals surface area contributed by atoms with Gasteiger partial charge in [0.25, 0.3) is 0 Å². The van der Waals surface area contributed by atoms with E-state index in [1.165, 1.54) is 19.3 Å². The molecule has 1 aromatic rings. The molecule has 0 aromatic heterocycles. The SMILES string of the molecule is Cc1ccccc1C(C)(NC1CCCCC1)C(=O)O. The van der Waals surface area contributed by atoms with Crippen molar-refractivity contribution in [3.05, 3.63) is 35.4 Å². The van der Waals surface area contributed by atoms with Crippen LogP contribution in [-0.2, 0) is 10.3 Å². The first kappa shape index (κ1) is 14.1. The van der Waals surface area contributed by atoms with Gasteiger partial charge in [0.15, 0.2) is 0 Å². The first-order valence-corrected chi connectivity index (χ1v) is 7.11. The molecule has 1 fully saturated rings. The Hall–Kier alpha value is -1.35. The van der Waals surface area contributed by atoms with E-state index < -0.39 is 11.5 Å². The molecule has 1 aliphatic rings. The molecule has 2 rings (SSSR count). The lowest BCUT2D eigenvalue weighted by Gasteiger charge is -2.34. The summed E-state index contributed by atoms with van der Waals surface area (Å²) in [4.78, 5) is 11.8. The molecule has 1 saturated carbocycles. The van der Waals surface area contributed by atoms with Gasteiger partial charge in [-0.3, -0.25) is 5.32 Å². The molecule has 1 atom stereocenters. The van der Waals surface area contributed by atoms with E-state index in [0.29, 0.717) is 6.04 Å². The van der Waals surface area contributed by atoms with Crippen molar-refractivity contribution in [3.63, 3.8) is 0 Å². The van der Waals surface area contributed by atoms with Crippen molar-refractivity contribution in [2.75, 3.05) is 0 Å². The summed E-state index contributed by atoms with van der Waals surface area (Å²) in [5.74, 6) is -0.799. The number of rotatable bonds is 4. The largest absolute Gasteiger partial charge is 0.480 e. The molecular weight excluding hydrogens is 238 g/mol. The van der Waals surface area contributed by atoms with E-state index in [4.69, 9.17) is 0 Å². The zero-order chi connectivity index (χ0) is 13.9. The van der Waals surface area contributed by atoms with Gasteiger partial charge in [0.2, 0.25) is 0 Å². The fourth-order valence-electron chi connectivity index (χ4n) is 3.04. The van der Waals surface area contributed by atoms with Crippen molar-refractivity contribution in [2.24, 2.45) is 0 Å². The van der Waals surface area contributed by atoms with Gasteiger partial charge in [0.1, 0.15) is 5.54 Å². The second-order valence-electron chi connectivity index (χ2n) is 5.72. The van der Waals surface area contributed by atoms with Crippen LogP contribution >= 0.6 is 0 Å². The molecule has 0 amide bonds. The maximum Gasteiger partial charge on any atom is 0.328 e. The summed E-state index contributed by atoms with van der Waals surface area (Å²) in [6, 6.07) is 8.06. The first-order chi connectivity index (χ1) is 9.04. The van der Waals surface area contributed by atoms with Gasteiger partial charge >= 0.3 is 5.97 Å². The lowest BCUT2D eigenvalue weighted by molar-refractivity contribution is -0.145. The number of aliphatic carboxylic acids is 1. The summed E-state index contributed by atoms with van der Waals surface area (Å²) in [5.41, 5.74) is 0.900. The van der Waals surface area contributed by atoms with Gasteiger partial charge in [-0.2, -0.15) is 0 Å². The minimum Gasteiger partial charge on any atom is -0.480 e. The Balaban J connectivity index is 2.27. The van der Waals surface area contributed by atoms with Crippen LogP contribution in [0.3, 0.4) is 0 Å². The normalized spacial score (nSPS) is 19.9. The van der Waals surface area contributed by atoms with Gasteiger partial charge < -0.3 is 5.11 Å². The molecule has 0 bridgehead atoms. The Bertz CT molecular complexity index is 452. The summed E-state index contributed by atoms with van der Waals surface area (Å²) in [6.45, 7) is 3.76.